The van der Waals surface area contributed by atoms with Crippen LogP contribution in [0.5, 0.6) is 0 Å². The van der Waals surface area contributed by atoms with Gasteiger partial charge >= 0.3 is 0 Å². The lowest BCUT2D eigenvalue weighted by atomic mass is 9.86. The number of rotatable bonds is 4. The normalized spacial score (nSPS) is 28.3. The molecule has 4 rings (SSSR count). The van der Waals surface area contributed by atoms with Gasteiger partial charge in [-0.1, -0.05) is 51.1 Å². The van der Waals surface area contributed by atoms with E-state index in [4.69, 9.17) is 4.52 Å². The first-order valence-electron chi connectivity index (χ1n) is 12.9. The zero-order valence-electron chi connectivity index (χ0n) is 19.9. The van der Waals surface area contributed by atoms with Crippen LogP contribution in [-0.4, -0.2) is 46.0 Å². The van der Waals surface area contributed by atoms with Crippen LogP contribution in [0.25, 0.3) is 0 Å². The summed E-state index contributed by atoms with van der Waals surface area (Å²) in [7, 11) is 0. The Morgan fingerprint density at radius 2 is 1.84 bits per heavy atom. The minimum absolute atomic E-state index is 0.0312. The monoisotopic (exact) mass is 444 g/mol. The van der Waals surface area contributed by atoms with Crippen LogP contribution in [-0.2, 0) is 9.59 Å². The number of nitrogens with one attached hydrogen (secondary N) is 1. The Balaban J connectivity index is 1.54. The molecule has 7 nitrogen and oxygen atoms in total. The van der Waals surface area contributed by atoms with Crippen molar-refractivity contribution in [3.05, 3.63) is 11.7 Å². The van der Waals surface area contributed by atoms with Gasteiger partial charge in [0.25, 0.3) is 0 Å². The highest BCUT2D eigenvalue weighted by atomic mass is 16.5. The van der Waals surface area contributed by atoms with Crippen LogP contribution in [0.4, 0.5) is 0 Å². The van der Waals surface area contributed by atoms with Crippen molar-refractivity contribution in [1.82, 2.24) is 20.4 Å². The van der Waals surface area contributed by atoms with Crippen LogP contribution < -0.4 is 5.32 Å². The molecule has 1 N–H and O–H groups in total. The van der Waals surface area contributed by atoms with Crippen LogP contribution in [0.1, 0.15) is 114 Å². The minimum Gasteiger partial charge on any atom is -0.356 e. The van der Waals surface area contributed by atoms with Crippen molar-refractivity contribution in [1.29, 1.82) is 0 Å². The lowest BCUT2D eigenvalue weighted by molar-refractivity contribution is -0.137. The van der Waals surface area contributed by atoms with E-state index in [0.717, 1.165) is 58.0 Å². The van der Waals surface area contributed by atoms with Gasteiger partial charge in [-0.2, -0.15) is 4.98 Å². The Hall–Kier alpha value is -1.92. The second-order valence-corrected chi connectivity index (χ2v) is 10.5. The molecule has 3 fully saturated rings. The fourth-order valence-corrected chi connectivity index (χ4v) is 5.83. The van der Waals surface area contributed by atoms with Crippen molar-refractivity contribution in [2.45, 2.75) is 109 Å². The highest BCUT2D eigenvalue weighted by Gasteiger charge is 2.45. The van der Waals surface area contributed by atoms with Gasteiger partial charge in [0.2, 0.25) is 17.7 Å². The van der Waals surface area contributed by atoms with E-state index in [0.29, 0.717) is 30.5 Å². The van der Waals surface area contributed by atoms with Crippen LogP contribution in [0.2, 0.25) is 0 Å². The first-order chi connectivity index (χ1) is 15.5. The molecule has 178 valence electrons. The average Bonchev–Trinajstić information content (AvgIpc) is 3.43. The third kappa shape index (κ3) is 5.52. The molecule has 1 saturated heterocycles. The third-order valence-electron chi connectivity index (χ3n) is 7.72. The molecular weight excluding hydrogens is 404 g/mol. The first kappa shape index (κ1) is 23.2. The SMILES string of the molecule is CC(C)c1noc([C@@H]2C[C@H]3C(=O)NCCCCCCN(C(=O)CC4CCCCC4)[C@H]3C2)n1. The second-order valence-electron chi connectivity index (χ2n) is 10.5. The van der Waals surface area contributed by atoms with Crippen LogP contribution >= 0.6 is 0 Å². The zero-order chi connectivity index (χ0) is 22.5. The van der Waals surface area contributed by atoms with E-state index in [1.807, 2.05) is 13.8 Å². The number of aromatic nitrogens is 2. The molecule has 3 atom stereocenters. The van der Waals surface area contributed by atoms with Crippen molar-refractivity contribution in [3.63, 3.8) is 0 Å². The van der Waals surface area contributed by atoms with E-state index in [2.05, 4.69) is 20.4 Å². The molecule has 2 aliphatic carbocycles. The molecule has 7 heteroatoms. The predicted octanol–water partition coefficient (Wildman–Crippen LogP) is 4.54. The maximum atomic E-state index is 13.5. The summed E-state index contributed by atoms with van der Waals surface area (Å²) in [6.07, 6.45) is 12.4. The number of nitrogens with zero attached hydrogens (tertiary/aromatic N) is 3. The summed E-state index contributed by atoms with van der Waals surface area (Å²) in [6.45, 7) is 5.58. The molecule has 0 aromatic carbocycles. The van der Waals surface area contributed by atoms with E-state index in [1.54, 1.807) is 0 Å². The molecule has 2 amide bonds. The van der Waals surface area contributed by atoms with Gasteiger partial charge in [-0.25, -0.2) is 0 Å². The molecular formula is C25H40N4O3. The summed E-state index contributed by atoms with van der Waals surface area (Å²) in [5.41, 5.74) is 0. The fourth-order valence-electron chi connectivity index (χ4n) is 5.83. The Morgan fingerprint density at radius 1 is 1.09 bits per heavy atom. The van der Waals surface area contributed by atoms with Gasteiger partial charge in [-0.15, -0.1) is 0 Å². The van der Waals surface area contributed by atoms with Gasteiger partial charge in [0.05, 0.1) is 5.92 Å². The van der Waals surface area contributed by atoms with Crippen LogP contribution in [0, 0.1) is 11.8 Å². The van der Waals surface area contributed by atoms with E-state index in [1.165, 1.54) is 19.3 Å². The lowest BCUT2D eigenvalue weighted by Crippen LogP contribution is -2.47. The minimum atomic E-state index is -0.206. The maximum absolute atomic E-state index is 13.5. The van der Waals surface area contributed by atoms with Gasteiger partial charge in [-0.05, 0) is 44.4 Å². The Bertz CT molecular complexity index is 771. The van der Waals surface area contributed by atoms with Crippen molar-refractivity contribution in [2.75, 3.05) is 13.1 Å². The Kier molecular flexibility index (Phi) is 7.84. The van der Waals surface area contributed by atoms with Crippen molar-refractivity contribution in [2.24, 2.45) is 11.8 Å². The molecule has 2 saturated carbocycles. The fraction of sp³-hybridized carbons (Fsp3) is 0.840. The summed E-state index contributed by atoms with van der Waals surface area (Å²) in [6, 6.07) is -0.0800. The molecule has 1 aliphatic heterocycles. The molecule has 2 heterocycles. The van der Waals surface area contributed by atoms with Crippen molar-refractivity contribution >= 4 is 11.8 Å². The smallest absolute Gasteiger partial charge is 0.229 e. The number of amides is 2. The summed E-state index contributed by atoms with van der Waals surface area (Å²) < 4.78 is 5.60. The molecule has 0 bridgehead atoms. The second kappa shape index (κ2) is 10.8. The highest BCUT2D eigenvalue weighted by molar-refractivity contribution is 5.82. The number of hydrogen-bond donors (Lipinski definition) is 1. The molecule has 32 heavy (non-hydrogen) atoms. The van der Waals surface area contributed by atoms with Gasteiger partial charge in [0.15, 0.2) is 5.82 Å². The van der Waals surface area contributed by atoms with Gasteiger partial charge in [0, 0.05) is 37.4 Å². The average molecular weight is 445 g/mol. The summed E-state index contributed by atoms with van der Waals surface area (Å²) in [4.78, 5) is 33.4. The molecule has 0 spiro atoms. The number of hydrogen-bond acceptors (Lipinski definition) is 5. The lowest BCUT2D eigenvalue weighted by Gasteiger charge is -2.34. The number of carbonyl (C=O) groups is 2. The molecule has 3 aliphatic rings. The zero-order valence-corrected chi connectivity index (χ0v) is 19.9. The standard InChI is InChI=1S/C25H40N4O3/c1-17(2)23-27-25(32-28-23)19-15-20-21(16-19)29(13-9-4-3-8-12-26-24(20)31)22(30)14-18-10-6-5-7-11-18/h17-21H,3-16H2,1-2H3,(H,26,31)/t19-,20-,21+/m1/s1. The summed E-state index contributed by atoms with van der Waals surface area (Å²) in [5, 5.41) is 7.28. The van der Waals surface area contributed by atoms with Crippen molar-refractivity contribution < 1.29 is 14.1 Å². The maximum Gasteiger partial charge on any atom is 0.229 e. The number of carbonyl (C=O) groups excluding carboxylic acids is 2. The van der Waals surface area contributed by atoms with E-state index in [9.17, 15) is 9.59 Å². The molecule has 0 unspecified atom stereocenters. The van der Waals surface area contributed by atoms with E-state index in [-0.39, 0.29) is 35.6 Å². The third-order valence-corrected chi connectivity index (χ3v) is 7.72. The van der Waals surface area contributed by atoms with Crippen LogP contribution in [0.3, 0.4) is 0 Å². The van der Waals surface area contributed by atoms with Gasteiger partial charge in [0.1, 0.15) is 0 Å². The molecule has 1 aromatic heterocycles. The summed E-state index contributed by atoms with van der Waals surface area (Å²) >= 11 is 0. The molecule has 0 radical (unpaired) electrons. The predicted molar refractivity (Wildman–Crippen MR) is 122 cm³/mol. The van der Waals surface area contributed by atoms with Crippen LogP contribution in [0.15, 0.2) is 4.52 Å². The first-order valence-corrected chi connectivity index (χ1v) is 12.9. The van der Waals surface area contributed by atoms with E-state index >= 15 is 0 Å². The largest absolute Gasteiger partial charge is 0.356 e. The van der Waals surface area contributed by atoms with E-state index < -0.39 is 0 Å². The quantitative estimate of drug-likeness (QED) is 0.736. The summed E-state index contributed by atoms with van der Waals surface area (Å²) in [5.74, 6) is 2.20. The molecule has 1 aromatic rings. The Labute approximate surface area is 192 Å². The van der Waals surface area contributed by atoms with Gasteiger partial charge in [-0.3, -0.25) is 9.59 Å². The van der Waals surface area contributed by atoms with Crippen molar-refractivity contribution in [3.8, 4) is 0 Å². The highest BCUT2D eigenvalue weighted by Crippen LogP contribution is 2.42. The Morgan fingerprint density at radius 3 is 2.59 bits per heavy atom. The topological polar surface area (TPSA) is 88.3 Å². The van der Waals surface area contributed by atoms with Gasteiger partial charge < -0.3 is 14.7 Å². The number of fused-ring (bicyclic) bond motifs is 1.